The second-order valence-corrected chi connectivity index (χ2v) is 6.33. The molecule has 0 aliphatic carbocycles. The van der Waals surface area contributed by atoms with E-state index in [1.54, 1.807) is 0 Å². The molecule has 1 saturated heterocycles. The summed E-state index contributed by atoms with van der Waals surface area (Å²) in [5, 5.41) is 0. The molecule has 4 nitrogen and oxygen atoms in total. The van der Waals surface area contributed by atoms with E-state index in [-0.39, 0.29) is 11.9 Å². The van der Waals surface area contributed by atoms with Gasteiger partial charge in [0.2, 0.25) is 0 Å². The molecule has 0 aromatic carbocycles. The van der Waals surface area contributed by atoms with E-state index in [0.717, 1.165) is 42.6 Å². The number of hydrogen-bond donors (Lipinski definition) is 1. The van der Waals surface area contributed by atoms with Gasteiger partial charge in [-0.1, -0.05) is 13.8 Å². The number of hydrogen-bond acceptors (Lipinski definition) is 2. The summed E-state index contributed by atoms with van der Waals surface area (Å²) >= 11 is 3.46. The number of amides is 1. The van der Waals surface area contributed by atoms with Gasteiger partial charge >= 0.3 is 0 Å². The lowest BCUT2D eigenvalue weighted by Crippen LogP contribution is -2.48. The lowest BCUT2D eigenvalue weighted by atomic mass is 9.94. The molecule has 1 fully saturated rings. The van der Waals surface area contributed by atoms with Crippen LogP contribution in [-0.2, 0) is 6.54 Å². The highest BCUT2D eigenvalue weighted by Crippen LogP contribution is 2.21. The molecule has 2 rings (SSSR count). The summed E-state index contributed by atoms with van der Waals surface area (Å²) in [5.41, 5.74) is 6.78. The van der Waals surface area contributed by atoms with Gasteiger partial charge in [-0.05, 0) is 40.8 Å². The van der Waals surface area contributed by atoms with E-state index in [0.29, 0.717) is 5.92 Å². The third kappa shape index (κ3) is 3.20. The van der Waals surface area contributed by atoms with Crippen molar-refractivity contribution >= 4 is 21.8 Å². The molecule has 0 radical (unpaired) electrons. The van der Waals surface area contributed by atoms with Crippen LogP contribution in [0.1, 0.15) is 37.2 Å². The van der Waals surface area contributed by atoms with Gasteiger partial charge in [-0.2, -0.15) is 0 Å². The standard InChI is InChI=1S/C14H22BrN3O/c1-3-5-17-9-11(15)7-13(17)14(19)18-6-4-12(16)10(2)8-18/h7,9-10,12H,3-6,8,16H2,1-2H3. The van der Waals surface area contributed by atoms with Gasteiger partial charge in [-0.25, -0.2) is 0 Å². The zero-order valence-corrected chi connectivity index (χ0v) is 13.2. The van der Waals surface area contributed by atoms with Crippen molar-refractivity contribution in [2.75, 3.05) is 13.1 Å². The second-order valence-electron chi connectivity index (χ2n) is 5.42. The average molecular weight is 328 g/mol. The van der Waals surface area contributed by atoms with Gasteiger partial charge in [0.1, 0.15) is 5.69 Å². The predicted molar refractivity (Wildman–Crippen MR) is 80.1 cm³/mol. The number of halogens is 1. The van der Waals surface area contributed by atoms with Gasteiger partial charge in [0.25, 0.3) is 5.91 Å². The molecule has 2 N–H and O–H groups in total. The Morgan fingerprint density at radius 2 is 2.32 bits per heavy atom. The molecule has 0 saturated carbocycles. The van der Waals surface area contributed by atoms with Crippen molar-refractivity contribution in [1.29, 1.82) is 0 Å². The van der Waals surface area contributed by atoms with Gasteiger partial charge in [0.05, 0.1) is 0 Å². The molecule has 106 valence electrons. The maximum atomic E-state index is 12.6. The van der Waals surface area contributed by atoms with Crippen LogP contribution in [0.2, 0.25) is 0 Å². The SMILES string of the molecule is CCCn1cc(Br)cc1C(=O)N1CCC(N)C(C)C1. The minimum atomic E-state index is 0.123. The highest BCUT2D eigenvalue weighted by molar-refractivity contribution is 9.10. The number of piperidine rings is 1. The predicted octanol–water partition coefficient (Wildman–Crippen LogP) is 2.47. The molecular weight excluding hydrogens is 306 g/mol. The van der Waals surface area contributed by atoms with E-state index in [1.807, 2.05) is 21.7 Å². The smallest absolute Gasteiger partial charge is 0.270 e. The Morgan fingerprint density at radius 3 is 2.95 bits per heavy atom. The molecule has 0 bridgehead atoms. The largest absolute Gasteiger partial charge is 0.342 e. The summed E-state index contributed by atoms with van der Waals surface area (Å²) in [6.07, 6.45) is 3.89. The van der Waals surface area contributed by atoms with Gasteiger partial charge in [-0.15, -0.1) is 0 Å². The maximum absolute atomic E-state index is 12.6. The summed E-state index contributed by atoms with van der Waals surface area (Å²) in [4.78, 5) is 14.5. The van der Waals surface area contributed by atoms with Crippen LogP contribution in [0.25, 0.3) is 0 Å². The summed E-state index contributed by atoms with van der Waals surface area (Å²) in [7, 11) is 0. The third-order valence-electron chi connectivity index (χ3n) is 3.81. The Morgan fingerprint density at radius 1 is 1.58 bits per heavy atom. The minimum Gasteiger partial charge on any atom is -0.342 e. The van der Waals surface area contributed by atoms with Crippen molar-refractivity contribution in [1.82, 2.24) is 9.47 Å². The number of carbonyl (C=O) groups is 1. The van der Waals surface area contributed by atoms with Crippen molar-refractivity contribution in [3.8, 4) is 0 Å². The van der Waals surface area contributed by atoms with Crippen LogP contribution < -0.4 is 5.73 Å². The molecule has 5 heteroatoms. The number of carbonyl (C=O) groups excluding carboxylic acids is 1. The maximum Gasteiger partial charge on any atom is 0.270 e. The lowest BCUT2D eigenvalue weighted by Gasteiger charge is -2.35. The summed E-state index contributed by atoms with van der Waals surface area (Å²) in [6.45, 7) is 6.62. The van der Waals surface area contributed by atoms with E-state index in [1.165, 1.54) is 0 Å². The number of aryl methyl sites for hydroxylation is 1. The highest BCUT2D eigenvalue weighted by atomic mass is 79.9. The highest BCUT2D eigenvalue weighted by Gasteiger charge is 2.28. The molecule has 1 aliphatic rings. The van der Waals surface area contributed by atoms with Crippen molar-refractivity contribution in [2.45, 2.75) is 39.3 Å². The van der Waals surface area contributed by atoms with Crippen molar-refractivity contribution in [3.05, 3.63) is 22.4 Å². The zero-order chi connectivity index (χ0) is 14.0. The first-order valence-electron chi connectivity index (χ1n) is 6.93. The third-order valence-corrected chi connectivity index (χ3v) is 4.24. The number of nitrogens with zero attached hydrogens (tertiary/aromatic N) is 2. The van der Waals surface area contributed by atoms with Crippen LogP contribution >= 0.6 is 15.9 Å². The molecule has 2 unspecified atom stereocenters. The Bertz CT molecular complexity index is 458. The van der Waals surface area contributed by atoms with Crippen molar-refractivity contribution in [2.24, 2.45) is 11.7 Å². The molecule has 1 aliphatic heterocycles. The average Bonchev–Trinajstić information content (AvgIpc) is 2.73. The minimum absolute atomic E-state index is 0.123. The molecule has 2 atom stereocenters. The number of likely N-dealkylation sites (tertiary alicyclic amines) is 1. The van der Waals surface area contributed by atoms with Gasteiger partial charge in [0.15, 0.2) is 0 Å². The second kappa shape index (κ2) is 6.09. The van der Waals surface area contributed by atoms with Crippen LogP contribution in [0.15, 0.2) is 16.7 Å². The van der Waals surface area contributed by atoms with Crippen molar-refractivity contribution in [3.63, 3.8) is 0 Å². The summed E-state index contributed by atoms with van der Waals surface area (Å²) in [5.74, 6) is 0.494. The van der Waals surface area contributed by atoms with Crippen LogP contribution in [0, 0.1) is 5.92 Å². The normalized spacial score (nSPS) is 23.7. The molecule has 0 spiro atoms. The monoisotopic (exact) mass is 327 g/mol. The first-order valence-corrected chi connectivity index (χ1v) is 7.72. The topological polar surface area (TPSA) is 51.3 Å². The van der Waals surface area contributed by atoms with Crippen molar-refractivity contribution < 1.29 is 4.79 Å². The molecule has 1 aromatic rings. The fraction of sp³-hybridized carbons (Fsp3) is 0.643. The molecule has 1 amide bonds. The Hall–Kier alpha value is -0.810. The van der Waals surface area contributed by atoms with Crippen LogP contribution in [0.3, 0.4) is 0 Å². The first kappa shape index (κ1) is 14.6. The molecule has 2 heterocycles. The Labute approximate surface area is 123 Å². The summed E-state index contributed by atoms with van der Waals surface area (Å²) < 4.78 is 3.00. The fourth-order valence-electron chi connectivity index (χ4n) is 2.59. The Kier molecular flexibility index (Phi) is 4.68. The fourth-order valence-corrected chi connectivity index (χ4v) is 3.05. The van der Waals surface area contributed by atoms with Crippen LogP contribution in [0.5, 0.6) is 0 Å². The van der Waals surface area contributed by atoms with E-state index in [2.05, 4.69) is 29.8 Å². The first-order chi connectivity index (χ1) is 9.02. The van der Waals surface area contributed by atoms with Gasteiger partial charge in [0, 0.05) is 36.3 Å². The lowest BCUT2D eigenvalue weighted by molar-refractivity contribution is 0.0653. The quantitative estimate of drug-likeness (QED) is 0.927. The van der Waals surface area contributed by atoms with E-state index in [4.69, 9.17) is 5.73 Å². The molecule has 19 heavy (non-hydrogen) atoms. The number of rotatable bonds is 3. The molecule has 1 aromatic heterocycles. The number of nitrogens with two attached hydrogens (primary N) is 1. The summed E-state index contributed by atoms with van der Waals surface area (Å²) in [6, 6.07) is 2.13. The van der Waals surface area contributed by atoms with Crippen LogP contribution in [0.4, 0.5) is 0 Å². The van der Waals surface area contributed by atoms with E-state index >= 15 is 0 Å². The van der Waals surface area contributed by atoms with Crippen LogP contribution in [-0.4, -0.2) is 34.5 Å². The van der Waals surface area contributed by atoms with Gasteiger partial charge in [-0.3, -0.25) is 4.79 Å². The Balaban J connectivity index is 2.15. The number of aromatic nitrogens is 1. The van der Waals surface area contributed by atoms with E-state index < -0.39 is 0 Å². The van der Waals surface area contributed by atoms with Gasteiger partial charge < -0.3 is 15.2 Å². The zero-order valence-electron chi connectivity index (χ0n) is 11.6. The van der Waals surface area contributed by atoms with E-state index in [9.17, 15) is 4.79 Å². The molecular formula is C14H22BrN3O.